The van der Waals surface area contributed by atoms with Crippen molar-refractivity contribution in [1.82, 2.24) is 0 Å². The van der Waals surface area contributed by atoms with Gasteiger partial charge in [0.25, 0.3) is 11.8 Å². The number of pyridine rings is 1. The van der Waals surface area contributed by atoms with Gasteiger partial charge >= 0.3 is 17.2 Å². The highest BCUT2D eigenvalue weighted by Gasteiger charge is 2.72. The largest absolute Gasteiger partial charge is 0.619 e. The summed E-state index contributed by atoms with van der Waals surface area (Å²) >= 11 is 7.43. The van der Waals surface area contributed by atoms with Crippen molar-refractivity contribution in [2.75, 3.05) is 16.8 Å². The van der Waals surface area contributed by atoms with Gasteiger partial charge < -0.3 is 15.4 Å². The molecule has 2 aromatic carbocycles. The summed E-state index contributed by atoms with van der Waals surface area (Å²) in [6.45, 7) is 2.91. The van der Waals surface area contributed by atoms with Gasteiger partial charge in [0.05, 0.1) is 22.5 Å². The Balaban J connectivity index is 2.01. The van der Waals surface area contributed by atoms with E-state index in [4.69, 9.17) is 0 Å². The number of hydrogen-bond acceptors (Lipinski definition) is 3. The van der Waals surface area contributed by atoms with E-state index in [1.807, 2.05) is 0 Å². The number of alkyl halides is 7. The van der Waals surface area contributed by atoms with Crippen LogP contribution in [0.15, 0.2) is 59.3 Å². The van der Waals surface area contributed by atoms with Crippen LogP contribution in [0.25, 0.3) is 0 Å². The number of carbonyl (C=O) groups is 2. The number of aryl methyl sites for hydroxylation is 1. The Kier molecular flexibility index (Phi) is 9.28. The van der Waals surface area contributed by atoms with Crippen LogP contribution in [-0.4, -0.2) is 29.9 Å². The van der Waals surface area contributed by atoms with Gasteiger partial charge in [0, 0.05) is 28.7 Å². The summed E-state index contributed by atoms with van der Waals surface area (Å²) in [6, 6.07) is 6.93. The molecule has 0 aliphatic heterocycles. The van der Waals surface area contributed by atoms with Gasteiger partial charge in [0.2, 0.25) is 0 Å². The second kappa shape index (κ2) is 11.8. The molecule has 1 heterocycles. The van der Waals surface area contributed by atoms with Crippen LogP contribution >= 0.6 is 27.5 Å². The van der Waals surface area contributed by atoms with Gasteiger partial charge in [0.1, 0.15) is 0 Å². The Labute approximate surface area is 242 Å². The van der Waals surface area contributed by atoms with Gasteiger partial charge in [-0.25, -0.2) is 8.78 Å². The van der Waals surface area contributed by atoms with E-state index in [2.05, 4.69) is 32.8 Å². The van der Waals surface area contributed by atoms with E-state index in [1.54, 1.807) is 6.92 Å². The lowest BCUT2D eigenvalue weighted by Gasteiger charge is -2.32. The molecule has 0 fully saturated rings. The molecule has 220 valence electrons. The van der Waals surface area contributed by atoms with Crippen molar-refractivity contribution in [3.8, 4) is 0 Å². The van der Waals surface area contributed by atoms with Gasteiger partial charge in [-0.2, -0.15) is 26.7 Å². The highest BCUT2D eigenvalue weighted by atomic mass is 79.9. The van der Waals surface area contributed by atoms with Crippen LogP contribution in [0.3, 0.4) is 0 Å². The number of nitrogens with one attached hydrogen (secondary N) is 1. The minimum Gasteiger partial charge on any atom is -0.619 e. The smallest absolute Gasteiger partial charge is 0.434 e. The fourth-order valence-electron chi connectivity index (χ4n) is 3.99. The standard InChI is InChI=1S/C26H20BrClF7N3O3/c1-3-14-12-16(24(30,25(28,31)32)26(33,34)35)13-18(27)21(14)36-22(39)17-6-5-7-19(20(17)29)38(4-2)23(40)15-8-10-37(41)11-9-15/h5-13H,3-4H2,1-2H3,(H,36,39). The highest BCUT2D eigenvalue weighted by molar-refractivity contribution is 9.10. The number of halogens is 9. The molecule has 1 unspecified atom stereocenters. The predicted molar refractivity (Wildman–Crippen MR) is 140 cm³/mol. The molecule has 0 aliphatic rings. The van der Waals surface area contributed by atoms with E-state index in [9.17, 15) is 41.1 Å². The van der Waals surface area contributed by atoms with Gasteiger partial charge in [-0.1, -0.05) is 13.0 Å². The van der Waals surface area contributed by atoms with Crippen molar-refractivity contribution in [2.24, 2.45) is 0 Å². The molecule has 2 amide bonds. The average Bonchev–Trinajstić information content (AvgIpc) is 2.89. The quantitative estimate of drug-likeness (QED) is 0.119. The first-order valence-electron chi connectivity index (χ1n) is 11.7. The Hall–Kier alpha value is -3.39. The number of rotatable bonds is 8. The predicted octanol–water partition coefficient (Wildman–Crippen LogP) is 7.26. The normalized spacial score (nSPS) is 13.4. The molecule has 1 aromatic heterocycles. The molecule has 1 N–H and O–H groups in total. The van der Waals surface area contributed by atoms with E-state index < -0.39 is 50.5 Å². The van der Waals surface area contributed by atoms with Crippen molar-refractivity contribution < 1.29 is 45.1 Å². The number of anilines is 2. The van der Waals surface area contributed by atoms with Crippen molar-refractivity contribution in [3.63, 3.8) is 0 Å². The fourth-order valence-corrected chi connectivity index (χ4v) is 4.81. The third-order valence-electron chi connectivity index (χ3n) is 6.09. The molecule has 3 aromatic rings. The van der Waals surface area contributed by atoms with E-state index in [0.29, 0.717) is 16.9 Å². The molecule has 0 radical (unpaired) electrons. The molecular weight excluding hydrogens is 651 g/mol. The maximum atomic E-state index is 15.6. The van der Waals surface area contributed by atoms with Crippen molar-refractivity contribution >= 4 is 50.7 Å². The molecule has 0 aliphatic carbocycles. The van der Waals surface area contributed by atoms with E-state index in [1.165, 1.54) is 31.2 Å². The first-order chi connectivity index (χ1) is 19.0. The van der Waals surface area contributed by atoms with Crippen LogP contribution in [0.1, 0.15) is 45.7 Å². The fraction of sp³-hybridized carbons (Fsp3) is 0.269. The number of nitrogens with zero attached hydrogens (tertiary/aromatic N) is 2. The molecule has 41 heavy (non-hydrogen) atoms. The van der Waals surface area contributed by atoms with Crippen molar-refractivity contribution in [1.29, 1.82) is 0 Å². The van der Waals surface area contributed by atoms with Crippen LogP contribution in [-0.2, 0) is 12.1 Å². The topological polar surface area (TPSA) is 76.4 Å². The zero-order chi connectivity index (χ0) is 30.9. The molecule has 0 saturated carbocycles. The number of aromatic nitrogens is 1. The van der Waals surface area contributed by atoms with Crippen molar-refractivity contribution in [2.45, 2.75) is 37.5 Å². The van der Waals surface area contributed by atoms with Gasteiger partial charge in [0.15, 0.2) is 18.2 Å². The van der Waals surface area contributed by atoms with Crippen LogP contribution < -0.4 is 14.9 Å². The van der Waals surface area contributed by atoms with E-state index >= 15 is 4.39 Å². The van der Waals surface area contributed by atoms with Gasteiger partial charge in [-0.15, -0.1) is 0 Å². The highest BCUT2D eigenvalue weighted by Crippen LogP contribution is 2.55. The first kappa shape index (κ1) is 32.1. The lowest BCUT2D eigenvalue weighted by Crippen LogP contribution is -2.49. The Morgan fingerprint density at radius 3 is 2.17 bits per heavy atom. The second-order valence-electron chi connectivity index (χ2n) is 8.59. The molecule has 1 atom stereocenters. The zero-order valence-corrected chi connectivity index (χ0v) is 23.5. The molecule has 6 nitrogen and oxygen atoms in total. The lowest BCUT2D eigenvalue weighted by molar-refractivity contribution is -0.605. The minimum absolute atomic E-state index is 0.0323. The summed E-state index contributed by atoms with van der Waals surface area (Å²) in [5, 5.41) is 8.21. The van der Waals surface area contributed by atoms with Gasteiger partial charge in [-0.05, 0) is 70.7 Å². The molecule has 0 spiro atoms. The molecule has 3 rings (SSSR count). The SMILES string of the molecule is CCc1cc(C(F)(C(F)(F)F)C(F)(F)Cl)cc(Br)c1NC(=O)c1cccc(N(CC)C(=O)c2cc[n+]([O-])cc2)c1F. The maximum absolute atomic E-state index is 15.6. The maximum Gasteiger partial charge on any atom is 0.434 e. The summed E-state index contributed by atoms with van der Waals surface area (Å²) in [5.74, 6) is -2.90. The lowest BCUT2D eigenvalue weighted by atomic mass is 9.92. The molecular formula is C26H20BrClF7N3O3. The summed E-state index contributed by atoms with van der Waals surface area (Å²) in [4.78, 5) is 27.1. The summed E-state index contributed by atoms with van der Waals surface area (Å²) in [7, 11) is 0. The molecule has 15 heteroatoms. The van der Waals surface area contributed by atoms with Crippen LogP contribution in [0.2, 0.25) is 0 Å². The Morgan fingerprint density at radius 2 is 1.66 bits per heavy atom. The van der Waals surface area contributed by atoms with Crippen LogP contribution in [0.4, 0.5) is 42.1 Å². The molecule has 0 saturated heterocycles. The monoisotopic (exact) mass is 669 g/mol. The van der Waals surface area contributed by atoms with Crippen LogP contribution in [0.5, 0.6) is 0 Å². The third-order valence-corrected chi connectivity index (χ3v) is 6.98. The zero-order valence-electron chi connectivity index (χ0n) is 21.1. The second-order valence-corrected chi connectivity index (χ2v) is 9.92. The molecule has 0 bridgehead atoms. The Morgan fingerprint density at radius 1 is 1.05 bits per heavy atom. The minimum atomic E-state index is -6.10. The summed E-state index contributed by atoms with van der Waals surface area (Å²) in [6.07, 6.45) is -4.11. The van der Waals surface area contributed by atoms with Crippen molar-refractivity contribution in [3.05, 3.63) is 92.6 Å². The number of amides is 2. The first-order valence-corrected chi connectivity index (χ1v) is 12.9. The summed E-state index contributed by atoms with van der Waals surface area (Å²) < 4.78 is 98.2. The Bertz CT molecular complexity index is 1450. The van der Waals surface area contributed by atoms with Crippen LogP contribution in [0, 0.1) is 11.0 Å². The third kappa shape index (κ3) is 6.13. The number of hydrogen-bond donors (Lipinski definition) is 1. The number of benzene rings is 2. The number of carbonyl (C=O) groups excluding carboxylic acids is 2. The van der Waals surface area contributed by atoms with E-state index in [-0.39, 0.29) is 35.5 Å². The average molecular weight is 671 g/mol. The van der Waals surface area contributed by atoms with E-state index in [0.717, 1.165) is 23.4 Å². The van der Waals surface area contributed by atoms with Gasteiger partial charge in [-0.3, -0.25) is 9.59 Å². The summed E-state index contributed by atoms with van der Waals surface area (Å²) in [5.41, 5.74) is -8.00.